The van der Waals surface area contributed by atoms with Gasteiger partial charge in [0.15, 0.2) is 0 Å². The molecule has 4 aliphatic heterocycles. The van der Waals surface area contributed by atoms with Gasteiger partial charge in [-0.05, 0) is 62.6 Å². The van der Waals surface area contributed by atoms with Gasteiger partial charge in [-0.1, -0.05) is 41.7 Å². The van der Waals surface area contributed by atoms with E-state index in [-0.39, 0.29) is 37.5 Å². The van der Waals surface area contributed by atoms with Gasteiger partial charge in [0.2, 0.25) is 11.8 Å². The summed E-state index contributed by atoms with van der Waals surface area (Å²) in [5, 5.41) is 17.9. The van der Waals surface area contributed by atoms with Crippen molar-refractivity contribution in [2.45, 2.75) is 50.6 Å². The van der Waals surface area contributed by atoms with Crippen LogP contribution < -0.4 is 9.64 Å². The molecule has 7 rings (SSSR count). The molecule has 1 aromatic heterocycles. The molecule has 12 nitrogen and oxygen atoms in total. The van der Waals surface area contributed by atoms with Gasteiger partial charge < -0.3 is 29.3 Å². The molecule has 0 saturated carbocycles. The SMILES string of the molecule is CCOc1ccc(N2CC=C[C@@H]3O[C@]45C=CCN(Cn6nnc7ccccc76)C(=O)C4N(CCCCCO)C(=O)[C@@H]5[C@@H]3C2=O)cc1. The van der Waals surface area contributed by atoms with Crippen molar-refractivity contribution in [1.82, 2.24) is 24.8 Å². The number of carbonyl (C=O) groups excluding carboxylic acids is 3. The van der Waals surface area contributed by atoms with Crippen LogP contribution in [0.25, 0.3) is 11.0 Å². The molecule has 0 radical (unpaired) electrons. The van der Waals surface area contributed by atoms with Crippen LogP contribution in [0.15, 0.2) is 72.8 Å². The Morgan fingerprint density at radius 1 is 0.978 bits per heavy atom. The lowest BCUT2D eigenvalue weighted by atomic mass is 9.77. The quantitative estimate of drug-likeness (QED) is 0.269. The third-order valence-electron chi connectivity index (χ3n) is 9.48. The normalized spacial score (nSPS) is 27.2. The number of carbonyl (C=O) groups is 3. The van der Waals surface area contributed by atoms with E-state index in [4.69, 9.17) is 9.47 Å². The number of aliphatic hydroxyl groups is 1. The second-order valence-electron chi connectivity index (χ2n) is 12.1. The summed E-state index contributed by atoms with van der Waals surface area (Å²) in [5.41, 5.74) is 0.895. The molecule has 12 heteroatoms. The van der Waals surface area contributed by atoms with Crippen LogP contribution in [0.5, 0.6) is 5.75 Å². The number of aliphatic hydroxyl groups excluding tert-OH is 1. The molecule has 0 aliphatic carbocycles. The zero-order valence-electron chi connectivity index (χ0n) is 25.8. The summed E-state index contributed by atoms with van der Waals surface area (Å²) in [6, 6.07) is 13.9. The molecule has 1 unspecified atom stereocenters. The van der Waals surface area contributed by atoms with E-state index in [1.54, 1.807) is 19.4 Å². The fourth-order valence-electron chi connectivity index (χ4n) is 7.43. The van der Waals surface area contributed by atoms with E-state index in [0.717, 1.165) is 11.0 Å². The van der Waals surface area contributed by atoms with E-state index in [1.807, 2.05) is 79.8 Å². The number of benzene rings is 2. The Hall–Kier alpha value is -4.55. The largest absolute Gasteiger partial charge is 0.494 e. The number of likely N-dealkylation sites (tertiary alicyclic amines) is 1. The number of nitrogens with zero attached hydrogens (tertiary/aromatic N) is 6. The Bertz CT molecular complexity index is 1690. The number of hydrogen-bond acceptors (Lipinski definition) is 8. The highest BCUT2D eigenvalue weighted by Gasteiger charge is 2.71. The van der Waals surface area contributed by atoms with E-state index < -0.39 is 29.6 Å². The Kier molecular flexibility index (Phi) is 8.07. The predicted octanol–water partition coefficient (Wildman–Crippen LogP) is 2.53. The third-order valence-corrected chi connectivity index (χ3v) is 9.48. The molecule has 5 heterocycles. The first-order valence-electron chi connectivity index (χ1n) is 16.0. The van der Waals surface area contributed by atoms with Gasteiger partial charge in [-0.3, -0.25) is 14.4 Å². The molecule has 2 saturated heterocycles. The van der Waals surface area contributed by atoms with Crippen LogP contribution in [-0.2, 0) is 25.8 Å². The van der Waals surface area contributed by atoms with Crippen LogP contribution >= 0.6 is 0 Å². The summed E-state index contributed by atoms with van der Waals surface area (Å²) in [4.78, 5) is 48.4. The van der Waals surface area contributed by atoms with Crippen LogP contribution in [0.1, 0.15) is 26.2 Å². The number of aromatic nitrogens is 3. The molecule has 46 heavy (non-hydrogen) atoms. The number of hydrogen-bond donors (Lipinski definition) is 1. The van der Waals surface area contributed by atoms with E-state index in [2.05, 4.69) is 10.3 Å². The molecular weight excluding hydrogens is 588 g/mol. The van der Waals surface area contributed by atoms with Gasteiger partial charge in [-0.2, -0.15) is 0 Å². The minimum Gasteiger partial charge on any atom is -0.494 e. The topological polar surface area (TPSA) is 130 Å². The first kappa shape index (κ1) is 30.1. The van der Waals surface area contributed by atoms with Crippen molar-refractivity contribution in [3.05, 3.63) is 72.8 Å². The molecule has 5 atom stereocenters. The number of para-hydroxylation sites is 1. The summed E-state index contributed by atoms with van der Waals surface area (Å²) in [5.74, 6) is -1.73. The lowest BCUT2D eigenvalue weighted by Gasteiger charge is -2.35. The van der Waals surface area contributed by atoms with Gasteiger partial charge in [-0.15, -0.1) is 5.10 Å². The first-order chi connectivity index (χ1) is 22.5. The smallest absolute Gasteiger partial charge is 0.250 e. The van der Waals surface area contributed by atoms with Crippen molar-refractivity contribution in [3.63, 3.8) is 0 Å². The van der Waals surface area contributed by atoms with Crippen LogP contribution in [0, 0.1) is 11.8 Å². The zero-order chi connectivity index (χ0) is 31.8. The number of ether oxygens (including phenoxy) is 2. The maximum Gasteiger partial charge on any atom is 0.250 e. The number of fused-ring (bicyclic) bond motifs is 3. The minimum absolute atomic E-state index is 0.0559. The zero-order valence-corrected chi connectivity index (χ0v) is 25.8. The van der Waals surface area contributed by atoms with Gasteiger partial charge in [0.05, 0.1) is 30.1 Å². The van der Waals surface area contributed by atoms with Crippen LogP contribution in [0.2, 0.25) is 0 Å². The van der Waals surface area contributed by atoms with Crippen molar-refractivity contribution in [1.29, 1.82) is 0 Å². The molecule has 2 aromatic carbocycles. The molecule has 240 valence electrons. The highest BCUT2D eigenvalue weighted by atomic mass is 16.5. The summed E-state index contributed by atoms with van der Waals surface area (Å²) in [6.45, 7) is 3.58. The summed E-state index contributed by atoms with van der Waals surface area (Å²) in [6.07, 6.45) is 8.72. The number of unbranched alkanes of at least 4 members (excludes halogenated alkanes) is 2. The van der Waals surface area contributed by atoms with Gasteiger partial charge in [0.25, 0.3) is 5.91 Å². The molecule has 4 aliphatic rings. The molecule has 1 N–H and O–H groups in total. The highest BCUT2D eigenvalue weighted by molar-refractivity contribution is 6.03. The maximum atomic E-state index is 14.6. The van der Waals surface area contributed by atoms with Gasteiger partial charge in [0.1, 0.15) is 29.6 Å². The van der Waals surface area contributed by atoms with Crippen molar-refractivity contribution in [2.75, 3.05) is 37.7 Å². The molecule has 3 amide bonds. The van der Waals surface area contributed by atoms with E-state index in [1.165, 1.54) is 0 Å². The fourth-order valence-corrected chi connectivity index (χ4v) is 7.43. The van der Waals surface area contributed by atoms with Crippen molar-refractivity contribution >= 4 is 34.4 Å². The standard InChI is InChI=1S/C34H38N6O6/c1-2-45-24-15-13-23(14-16-24)38-20-8-12-27-28(31(38)42)29-32(43)39(19-6-3-7-21-41)30-33(44)37(18-9-17-34(29,30)46-27)22-40-26-11-5-4-10-25(26)35-36-40/h4-5,8-17,27-30,41H,2-3,6-7,18-22H2,1H3/t27-,28+,29-,30?,34-/m0/s1. The lowest BCUT2D eigenvalue weighted by molar-refractivity contribution is -0.148. The minimum atomic E-state index is -1.32. The van der Waals surface area contributed by atoms with Crippen LogP contribution in [0.4, 0.5) is 5.69 Å². The Morgan fingerprint density at radius 2 is 1.80 bits per heavy atom. The van der Waals surface area contributed by atoms with Crippen molar-refractivity contribution < 1.29 is 29.0 Å². The first-order valence-corrected chi connectivity index (χ1v) is 16.0. The van der Waals surface area contributed by atoms with Gasteiger partial charge in [0, 0.05) is 31.9 Å². The van der Waals surface area contributed by atoms with Crippen LogP contribution in [0.3, 0.4) is 0 Å². The summed E-state index contributed by atoms with van der Waals surface area (Å²) >= 11 is 0. The predicted molar refractivity (Wildman–Crippen MR) is 169 cm³/mol. The van der Waals surface area contributed by atoms with Crippen molar-refractivity contribution in [2.24, 2.45) is 11.8 Å². The van der Waals surface area contributed by atoms with Gasteiger partial charge in [-0.25, -0.2) is 4.68 Å². The molecule has 2 fully saturated rings. The number of amides is 3. The third kappa shape index (κ3) is 4.96. The lowest BCUT2D eigenvalue weighted by Crippen LogP contribution is -2.55. The Labute approximate surface area is 266 Å². The second kappa shape index (κ2) is 12.3. The monoisotopic (exact) mass is 626 g/mol. The Balaban J connectivity index is 1.23. The molecule has 0 bridgehead atoms. The average Bonchev–Trinajstić information content (AvgIpc) is 3.62. The maximum absolute atomic E-state index is 14.6. The number of rotatable bonds is 10. The van der Waals surface area contributed by atoms with Gasteiger partial charge >= 0.3 is 0 Å². The summed E-state index contributed by atoms with van der Waals surface area (Å²) < 4.78 is 14.0. The van der Waals surface area contributed by atoms with E-state index >= 15 is 0 Å². The Morgan fingerprint density at radius 3 is 2.61 bits per heavy atom. The number of anilines is 1. The fraction of sp³-hybridized carbons (Fsp3) is 0.441. The highest BCUT2D eigenvalue weighted by Crippen LogP contribution is 2.53. The van der Waals surface area contributed by atoms with Crippen molar-refractivity contribution in [3.8, 4) is 5.75 Å². The molecule has 1 spiro atoms. The van der Waals surface area contributed by atoms with E-state index in [9.17, 15) is 19.5 Å². The second-order valence-corrected chi connectivity index (χ2v) is 12.1. The van der Waals surface area contributed by atoms with E-state index in [0.29, 0.717) is 50.4 Å². The van der Waals surface area contributed by atoms with Crippen LogP contribution in [-0.4, -0.2) is 98.2 Å². The summed E-state index contributed by atoms with van der Waals surface area (Å²) in [7, 11) is 0. The average molecular weight is 627 g/mol. The molecular formula is C34H38N6O6. The molecule has 3 aromatic rings.